The third-order valence-electron chi connectivity index (χ3n) is 3.03. The minimum absolute atomic E-state index is 0.120. The Morgan fingerprint density at radius 2 is 2.06 bits per heavy atom. The average molecular weight is 228 g/mol. The summed E-state index contributed by atoms with van der Waals surface area (Å²) in [4.78, 5) is 0. The van der Waals surface area contributed by atoms with E-state index in [0.29, 0.717) is 12.7 Å². The summed E-state index contributed by atoms with van der Waals surface area (Å²) in [5.74, 6) is 0.407. The largest absolute Gasteiger partial charge is 0.392 e. The van der Waals surface area contributed by atoms with Gasteiger partial charge in [0.05, 0.1) is 6.10 Å². The van der Waals surface area contributed by atoms with Crippen LogP contribution in [0, 0.1) is 5.92 Å². The van der Waals surface area contributed by atoms with Gasteiger partial charge in [0.2, 0.25) is 0 Å². The summed E-state index contributed by atoms with van der Waals surface area (Å²) in [7, 11) is 1.64. The van der Waals surface area contributed by atoms with Gasteiger partial charge in [-0.1, -0.05) is 31.4 Å². The van der Waals surface area contributed by atoms with Crippen LogP contribution in [-0.4, -0.2) is 31.7 Å². The molecule has 0 aliphatic heterocycles. The van der Waals surface area contributed by atoms with Crippen LogP contribution in [-0.2, 0) is 9.47 Å². The summed E-state index contributed by atoms with van der Waals surface area (Å²) in [5, 5.41) is 9.59. The Hall–Kier alpha value is -0.380. The fraction of sp³-hybridized carbons (Fsp3) is 0.846. The van der Waals surface area contributed by atoms with Crippen LogP contribution >= 0.6 is 0 Å². The van der Waals surface area contributed by atoms with E-state index >= 15 is 0 Å². The predicted molar refractivity (Wildman–Crippen MR) is 64.2 cm³/mol. The topological polar surface area (TPSA) is 38.7 Å². The zero-order valence-corrected chi connectivity index (χ0v) is 10.2. The molecule has 0 spiro atoms. The molecule has 1 aliphatic carbocycles. The molecule has 0 bridgehead atoms. The van der Waals surface area contributed by atoms with Gasteiger partial charge in [-0.15, -0.1) is 0 Å². The molecule has 94 valence electrons. The SMILES string of the molecule is COCOCCCCCC[C@@H]1C=CC[C@H]1O. The lowest BCUT2D eigenvalue weighted by Crippen LogP contribution is -2.12. The van der Waals surface area contributed by atoms with Gasteiger partial charge < -0.3 is 14.6 Å². The normalized spacial score (nSPS) is 24.1. The Bertz CT molecular complexity index is 192. The highest BCUT2D eigenvalue weighted by molar-refractivity contribution is 5.01. The highest BCUT2D eigenvalue weighted by Gasteiger charge is 2.18. The van der Waals surface area contributed by atoms with Crippen molar-refractivity contribution in [3.63, 3.8) is 0 Å². The van der Waals surface area contributed by atoms with E-state index in [2.05, 4.69) is 12.2 Å². The van der Waals surface area contributed by atoms with E-state index in [1.165, 1.54) is 19.3 Å². The Kier molecular flexibility index (Phi) is 7.47. The molecule has 1 N–H and O–H groups in total. The third-order valence-corrected chi connectivity index (χ3v) is 3.03. The predicted octanol–water partition coefficient (Wildman–Crippen LogP) is 2.49. The standard InChI is InChI=1S/C13H24O3/c1-15-11-16-10-5-3-2-4-7-12-8-6-9-13(12)14/h6,8,12-14H,2-5,7,9-11H2,1H3/t12-,13-/m1/s1. The number of unbranched alkanes of at least 4 members (excludes halogenated alkanes) is 3. The molecule has 0 radical (unpaired) electrons. The molecule has 0 heterocycles. The van der Waals surface area contributed by atoms with Crippen LogP contribution in [0.2, 0.25) is 0 Å². The van der Waals surface area contributed by atoms with Crippen LogP contribution in [0.25, 0.3) is 0 Å². The molecule has 2 atom stereocenters. The summed E-state index contributed by atoms with van der Waals surface area (Å²) >= 11 is 0. The number of aliphatic hydroxyl groups excluding tert-OH is 1. The van der Waals surface area contributed by atoms with Crippen molar-refractivity contribution in [3.8, 4) is 0 Å². The first kappa shape index (κ1) is 13.7. The molecule has 0 unspecified atom stereocenters. The van der Waals surface area contributed by atoms with Gasteiger partial charge in [0.1, 0.15) is 6.79 Å². The second-order valence-corrected chi connectivity index (χ2v) is 4.41. The highest BCUT2D eigenvalue weighted by atomic mass is 16.7. The molecule has 0 aromatic heterocycles. The maximum absolute atomic E-state index is 9.59. The summed E-state index contributed by atoms with van der Waals surface area (Å²) in [6, 6.07) is 0. The minimum atomic E-state index is -0.120. The van der Waals surface area contributed by atoms with Gasteiger partial charge in [-0.25, -0.2) is 0 Å². The van der Waals surface area contributed by atoms with Crippen LogP contribution in [0.5, 0.6) is 0 Å². The number of rotatable bonds is 9. The Balaban J connectivity index is 1.83. The summed E-state index contributed by atoms with van der Waals surface area (Å²) in [6.45, 7) is 1.19. The van der Waals surface area contributed by atoms with Crippen LogP contribution in [0.1, 0.15) is 38.5 Å². The van der Waals surface area contributed by atoms with Gasteiger partial charge >= 0.3 is 0 Å². The molecule has 0 fully saturated rings. The van der Waals surface area contributed by atoms with Crippen molar-refractivity contribution in [2.24, 2.45) is 5.92 Å². The smallest absolute Gasteiger partial charge is 0.146 e. The molecule has 0 aromatic rings. The van der Waals surface area contributed by atoms with Crippen molar-refractivity contribution in [1.29, 1.82) is 0 Å². The first-order valence-electron chi connectivity index (χ1n) is 6.26. The molecule has 0 aromatic carbocycles. The van der Waals surface area contributed by atoms with E-state index in [1.807, 2.05) is 0 Å². The molecule has 1 aliphatic rings. The number of hydrogen-bond donors (Lipinski definition) is 1. The Labute approximate surface area is 98.4 Å². The van der Waals surface area contributed by atoms with E-state index in [4.69, 9.17) is 9.47 Å². The molecular weight excluding hydrogens is 204 g/mol. The van der Waals surface area contributed by atoms with Gasteiger partial charge in [-0.3, -0.25) is 0 Å². The zero-order chi connectivity index (χ0) is 11.6. The van der Waals surface area contributed by atoms with Crippen molar-refractivity contribution in [2.45, 2.75) is 44.6 Å². The highest BCUT2D eigenvalue weighted by Crippen LogP contribution is 2.23. The average Bonchev–Trinajstić information content (AvgIpc) is 2.68. The second-order valence-electron chi connectivity index (χ2n) is 4.41. The number of hydrogen-bond acceptors (Lipinski definition) is 3. The fourth-order valence-corrected chi connectivity index (χ4v) is 2.06. The van der Waals surface area contributed by atoms with Crippen molar-refractivity contribution in [3.05, 3.63) is 12.2 Å². The number of methoxy groups -OCH3 is 1. The molecule has 3 nitrogen and oxygen atoms in total. The van der Waals surface area contributed by atoms with Gasteiger partial charge in [-0.05, 0) is 19.3 Å². The molecule has 3 heteroatoms. The van der Waals surface area contributed by atoms with Gasteiger partial charge in [0, 0.05) is 19.6 Å². The van der Waals surface area contributed by atoms with Gasteiger partial charge in [-0.2, -0.15) is 0 Å². The maximum Gasteiger partial charge on any atom is 0.146 e. The molecule has 0 saturated heterocycles. The van der Waals surface area contributed by atoms with E-state index in [1.54, 1.807) is 7.11 Å². The fourth-order valence-electron chi connectivity index (χ4n) is 2.06. The molecular formula is C13H24O3. The third kappa shape index (κ3) is 5.64. The van der Waals surface area contributed by atoms with Crippen molar-refractivity contribution in [2.75, 3.05) is 20.5 Å². The second kappa shape index (κ2) is 8.74. The van der Waals surface area contributed by atoms with Crippen molar-refractivity contribution >= 4 is 0 Å². The van der Waals surface area contributed by atoms with Crippen LogP contribution in [0.15, 0.2) is 12.2 Å². The lowest BCUT2D eigenvalue weighted by molar-refractivity contribution is -0.0315. The molecule has 0 saturated carbocycles. The summed E-state index contributed by atoms with van der Waals surface area (Å²) < 4.78 is 10.00. The monoisotopic (exact) mass is 228 g/mol. The minimum Gasteiger partial charge on any atom is -0.392 e. The Morgan fingerprint density at radius 3 is 2.75 bits per heavy atom. The number of aliphatic hydroxyl groups is 1. The lowest BCUT2D eigenvalue weighted by atomic mass is 9.98. The van der Waals surface area contributed by atoms with Gasteiger partial charge in [0.15, 0.2) is 0 Å². The quantitative estimate of drug-likeness (QED) is 0.374. The first-order valence-corrected chi connectivity index (χ1v) is 6.26. The van der Waals surface area contributed by atoms with Crippen LogP contribution in [0.3, 0.4) is 0 Å². The molecule has 0 amide bonds. The lowest BCUT2D eigenvalue weighted by Gasteiger charge is -2.12. The van der Waals surface area contributed by atoms with E-state index < -0.39 is 0 Å². The summed E-state index contributed by atoms with van der Waals surface area (Å²) in [5.41, 5.74) is 0. The molecule has 1 rings (SSSR count). The summed E-state index contributed by atoms with van der Waals surface area (Å²) in [6.07, 6.45) is 10.8. The van der Waals surface area contributed by atoms with E-state index in [-0.39, 0.29) is 6.10 Å². The first-order chi connectivity index (χ1) is 7.84. The van der Waals surface area contributed by atoms with E-state index in [9.17, 15) is 5.11 Å². The Morgan fingerprint density at radius 1 is 1.25 bits per heavy atom. The molecule has 16 heavy (non-hydrogen) atoms. The number of ether oxygens (including phenoxy) is 2. The van der Waals surface area contributed by atoms with E-state index in [0.717, 1.165) is 25.9 Å². The maximum atomic E-state index is 9.59. The van der Waals surface area contributed by atoms with Gasteiger partial charge in [0.25, 0.3) is 0 Å². The zero-order valence-electron chi connectivity index (χ0n) is 10.2. The van der Waals surface area contributed by atoms with Crippen LogP contribution < -0.4 is 0 Å². The van der Waals surface area contributed by atoms with Crippen LogP contribution in [0.4, 0.5) is 0 Å². The van der Waals surface area contributed by atoms with Crippen molar-refractivity contribution < 1.29 is 14.6 Å². The van der Waals surface area contributed by atoms with Crippen molar-refractivity contribution in [1.82, 2.24) is 0 Å².